The first-order valence-corrected chi connectivity index (χ1v) is 11.7. The Morgan fingerprint density at radius 1 is 1.28 bits per heavy atom. The van der Waals surface area contributed by atoms with Crippen LogP contribution in [0.4, 0.5) is 4.39 Å². The number of benzene rings is 1. The van der Waals surface area contributed by atoms with Crippen LogP contribution in [0.3, 0.4) is 0 Å². The first-order chi connectivity index (χ1) is 13.6. The number of allylic oxidation sites excluding steroid dienone is 1. The third-order valence-corrected chi connectivity index (χ3v) is 6.35. The Balaban J connectivity index is 1.75. The third-order valence-electron chi connectivity index (χ3n) is 5.66. The highest BCUT2D eigenvalue weighted by atomic mass is 32.2. The second-order valence-corrected chi connectivity index (χ2v) is 10.1. The number of nitrogens with zero attached hydrogens (tertiary/aromatic N) is 2. The minimum atomic E-state index is -3.22. The van der Waals surface area contributed by atoms with E-state index in [2.05, 4.69) is 41.8 Å². The van der Waals surface area contributed by atoms with Gasteiger partial charge in [-0.3, -0.25) is 0 Å². The molecule has 3 rings (SSSR count). The summed E-state index contributed by atoms with van der Waals surface area (Å²) in [6.45, 7) is 6.78. The molecule has 0 fully saturated rings. The van der Waals surface area contributed by atoms with E-state index in [1.165, 1.54) is 17.9 Å². The lowest BCUT2D eigenvalue weighted by atomic mass is 9.70. The standard InChI is InChI=1S/C21H28FN3O3S/c1-13(2)18-10-15(14(3)9-16(18)12-23-29(4,26)27)11-20-24-25-21(28-20)17-7-5-6-8-19(17)22/h5-9,13,15-16,18,23H,10-12H2,1-4H3/t15-,16-,18-/m0/s1. The quantitative estimate of drug-likeness (QED) is 0.687. The van der Waals surface area contributed by atoms with Gasteiger partial charge in [0.15, 0.2) is 0 Å². The molecule has 3 atom stereocenters. The number of halogens is 1. The zero-order chi connectivity index (χ0) is 21.2. The van der Waals surface area contributed by atoms with Crippen molar-refractivity contribution in [3.05, 3.63) is 47.6 Å². The molecular formula is C21H28FN3O3S. The van der Waals surface area contributed by atoms with Crippen molar-refractivity contribution in [2.75, 3.05) is 12.8 Å². The molecule has 0 amide bonds. The molecule has 0 radical (unpaired) electrons. The summed E-state index contributed by atoms with van der Waals surface area (Å²) in [5.74, 6) is 1.40. The monoisotopic (exact) mass is 421 g/mol. The van der Waals surface area contributed by atoms with Gasteiger partial charge in [-0.2, -0.15) is 0 Å². The summed E-state index contributed by atoms with van der Waals surface area (Å²) < 4.78 is 45.3. The Morgan fingerprint density at radius 2 is 2.00 bits per heavy atom. The van der Waals surface area contributed by atoms with Crippen LogP contribution in [-0.4, -0.2) is 31.4 Å². The first-order valence-electron chi connectivity index (χ1n) is 9.84. The highest BCUT2D eigenvalue weighted by Gasteiger charge is 2.32. The molecule has 1 aliphatic carbocycles. The van der Waals surface area contributed by atoms with Gasteiger partial charge in [0.25, 0.3) is 5.89 Å². The Bertz CT molecular complexity index is 985. The Morgan fingerprint density at radius 3 is 2.66 bits per heavy atom. The van der Waals surface area contributed by atoms with E-state index in [1.54, 1.807) is 18.2 Å². The summed E-state index contributed by atoms with van der Waals surface area (Å²) in [4.78, 5) is 0. The lowest BCUT2D eigenvalue weighted by molar-refractivity contribution is 0.223. The van der Waals surface area contributed by atoms with Crippen molar-refractivity contribution < 1.29 is 17.2 Å². The number of aromatic nitrogens is 2. The van der Waals surface area contributed by atoms with Gasteiger partial charge in [-0.15, -0.1) is 10.2 Å². The SMILES string of the molecule is CC1=C[C@@H](CNS(C)(=O)=O)[C@H](C(C)C)C[C@H]1Cc1nnc(-c2ccccc2F)o1. The summed E-state index contributed by atoms with van der Waals surface area (Å²) in [7, 11) is -3.22. The van der Waals surface area contributed by atoms with Gasteiger partial charge < -0.3 is 4.42 Å². The van der Waals surface area contributed by atoms with Crippen molar-refractivity contribution >= 4 is 10.0 Å². The van der Waals surface area contributed by atoms with E-state index in [9.17, 15) is 12.8 Å². The predicted molar refractivity (Wildman–Crippen MR) is 110 cm³/mol. The van der Waals surface area contributed by atoms with Gasteiger partial charge in [0, 0.05) is 13.0 Å². The molecule has 1 N–H and O–H groups in total. The molecule has 8 heteroatoms. The number of hydrogen-bond donors (Lipinski definition) is 1. The van der Waals surface area contributed by atoms with Gasteiger partial charge in [0.05, 0.1) is 11.8 Å². The molecule has 6 nitrogen and oxygen atoms in total. The largest absolute Gasteiger partial charge is 0.421 e. The predicted octanol–water partition coefficient (Wildman–Crippen LogP) is 3.82. The van der Waals surface area contributed by atoms with Crippen LogP contribution in [0.5, 0.6) is 0 Å². The second-order valence-electron chi connectivity index (χ2n) is 8.22. The summed E-state index contributed by atoms with van der Waals surface area (Å²) in [5, 5.41) is 8.13. The fourth-order valence-corrected chi connectivity index (χ4v) is 4.54. The van der Waals surface area contributed by atoms with E-state index in [4.69, 9.17) is 4.42 Å². The summed E-state index contributed by atoms with van der Waals surface area (Å²) in [5.41, 5.74) is 1.49. The van der Waals surface area contributed by atoms with Crippen LogP contribution in [0.25, 0.3) is 11.5 Å². The second kappa shape index (κ2) is 8.75. The minimum absolute atomic E-state index is 0.151. The zero-order valence-corrected chi connectivity index (χ0v) is 18.0. The van der Waals surface area contributed by atoms with Crippen LogP contribution in [0.2, 0.25) is 0 Å². The van der Waals surface area contributed by atoms with Crippen LogP contribution in [0, 0.1) is 29.5 Å². The van der Waals surface area contributed by atoms with E-state index in [1.807, 2.05) is 0 Å². The molecule has 1 heterocycles. The van der Waals surface area contributed by atoms with E-state index in [0.717, 1.165) is 6.42 Å². The summed E-state index contributed by atoms with van der Waals surface area (Å²) in [6, 6.07) is 6.33. The van der Waals surface area contributed by atoms with Crippen molar-refractivity contribution in [3.63, 3.8) is 0 Å². The summed E-state index contributed by atoms with van der Waals surface area (Å²) >= 11 is 0. The number of hydrogen-bond acceptors (Lipinski definition) is 5. The molecule has 0 saturated carbocycles. The van der Waals surface area contributed by atoms with Crippen molar-refractivity contribution in [3.8, 4) is 11.5 Å². The van der Waals surface area contributed by atoms with E-state index < -0.39 is 15.8 Å². The highest BCUT2D eigenvalue weighted by molar-refractivity contribution is 7.88. The molecule has 0 spiro atoms. The molecule has 29 heavy (non-hydrogen) atoms. The van der Waals surface area contributed by atoms with Crippen molar-refractivity contribution in [2.45, 2.75) is 33.6 Å². The smallest absolute Gasteiger partial charge is 0.250 e. The molecule has 0 bridgehead atoms. The third kappa shape index (κ3) is 5.51. The van der Waals surface area contributed by atoms with Crippen LogP contribution >= 0.6 is 0 Å². The van der Waals surface area contributed by atoms with Gasteiger partial charge in [-0.05, 0) is 49.1 Å². The molecule has 1 aromatic carbocycles. The van der Waals surface area contributed by atoms with Crippen LogP contribution in [-0.2, 0) is 16.4 Å². The lowest BCUT2D eigenvalue weighted by Gasteiger charge is -2.36. The van der Waals surface area contributed by atoms with E-state index >= 15 is 0 Å². The lowest BCUT2D eigenvalue weighted by Crippen LogP contribution is -2.36. The van der Waals surface area contributed by atoms with E-state index in [-0.39, 0.29) is 17.7 Å². The van der Waals surface area contributed by atoms with Crippen LogP contribution in [0.15, 0.2) is 40.3 Å². The zero-order valence-electron chi connectivity index (χ0n) is 17.2. The number of rotatable bonds is 7. The molecule has 2 aromatic rings. The molecule has 1 aromatic heterocycles. The van der Waals surface area contributed by atoms with Gasteiger partial charge in [0.1, 0.15) is 5.82 Å². The van der Waals surface area contributed by atoms with Crippen molar-refractivity contribution in [2.24, 2.45) is 23.7 Å². The Kier molecular flexibility index (Phi) is 6.53. The maximum Gasteiger partial charge on any atom is 0.250 e. The van der Waals surface area contributed by atoms with Crippen molar-refractivity contribution in [1.29, 1.82) is 0 Å². The fourth-order valence-electron chi connectivity index (χ4n) is 4.05. The molecular weight excluding hydrogens is 393 g/mol. The normalized spacial score (nSPS) is 22.7. The molecule has 0 aliphatic heterocycles. The minimum Gasteiger partial charge on any atom is -0.421 e. The van der Waals surface area contributed by atoms with E-state index in [0.29, 0.717) is 36.3 Å². The van der Waals surface area contributed by atoms with Gasteiger partial charge >= 0.3 is 0 Å². The first kappa shape index (κ1) is 21.6. The number of sulfonamides is 1. The molecule has 1 aliphatic rings. The van der Waals surface area contributed by atoms with Crippen LogP contribution in [0.1, 0.15) is 33.1 Å². The fraction of sp³-hybridized carbons (Fsp3) is 0.524. The maximum atomic E-state index is 14.0. The van der Waals surface area contributed by atoms with Gasteiger partial charge in [-0.25, -0.2) is 17.5 Å². The molecule has 0 unspecified atom stereocenters. The van der Waals surface area contributed by atoms with Gasteiger partial charge in [-0.1, -0.05) is 37.6 Å². The number of nitrogens with one attached hydrogen (secondary N) is 1. The van der Waals surface area contributed by atoms with Gasteiger partial charge in [0.2, 0.25) is 15.9 Å². The summed E-state index contributed by atoms with van der Waals surface area (Å²) in [6.07, 6.45) is 4.85. The Labute approximate surface area is 171 Å². The molecule has 158 valence electrons. The highest BCUT2D eigenvalue weighted by Crippen LogP contribution is 2.39. The van der Waals surface area contributed by atoms with Crippen LogP contribution < -0.4 is 4.72 Å². The topological polar surface area (TPSA) is 85.1 Å². The maximum absolute atomic E-state index is 14.0. The molecule has 0 saturated heterocycles. The van der Waals surface area contributed by atoms with Crippen molar-refractivity contribution in [1.82, 2.24) is 14.9 Å². The average molecular weight is 422 g/mol. The Hall–Kier alpha value is -2.06. The average Bonchev–Trinajstić information content (AvgIpc) is 3.09.